The van der Waals surface area contributed by atoms with Crippen molar-refractivity contribution >= 4 is 5.57 Å². The van der Waals surface area contributed by atoms with Crippen LogP contribution in [0.1, 0.15) is 51.8 Å². The second-order valence-corrected chi connectivity index (χ2v) is 7.44. The molecule has 1 radical (unpaired) electrons. The molecule has 0 saturated carbocycles. The van der Waals surface area contributed by atoms with E-state index >= 15 is 0 Å². The number of fused-ring (bicyclic) bond motifs is 3. The molecule has 5 heteroatoms. The van der Waals surface area contributed by atoms with E-state index in [1.807, 2.05) is 6.08 Å². The Morgan fingerprint density at radius 1 is 0.971 bits per heavy atom. The monoisotopic (exact) mass is 649 g/mol. The number of hydrogen-bond donors (Lipinski definition) is 0. The topological polar surface area (TPSA) is 47.9 Å². The first-order chi connectivity index (χ1) is 21.9. The van der Waals surface area contributed by atoms with E-state index in [4.69, 9.17) is 22.6 Å². The number of benzene rings is 1. The zero-order chi connectivity index (χ0) is 34.5. The van der Waals surface area contributed by atoms with Crippen LogP contribution in [0.25, 0.3) is 16.8 Å². The SMILES string of the molecule is [2H]C([2H])([2H])c1c[c-]c(-c2ccc(C([2H])([2H])[2H])cn2)cc1.[2H]c1nc(C2=[C-]C=CC3c4ccc(C([2H])([2H])[2H])nc4OC23)c([2H])c([2H])c1[2H].[Ir]. The number of aromatic nitrogens is 3. The molecule has 0 amide bonds. The van der Waals surface area contributed by atoms with Gasteiger partial charge in [-0.05, 0) is 42.8 Å². The number of hydrogen-bond acceptors (Lipinski definition) is 4. The van der Waals surface area contributed by atoms with Crippen molar-refractivity contribution in [2.45, 2.75) is 32.6 Å². The Bertz CT molecular complexity index is 1810. The molecule has 1 aliphatic heterocycles. The second-order valence-electron chi connectivity index (χ2n) is 7.44. The third-order valence-corrected chi connectivity index (χ3v) is 5.21. The Hall–Kier alpha value is -3.40. The molecule has 4 aromatic rings. The molecule has 4 nitrogen and oxygen atoms in total. The standard InChI is InChI=1S/C17H13N2O.C13H12N.Ir/c1-11-8-9-13-12-5-4-6-14(15-7-2-3-10-18-15)16(12)20-17(13)19-11;1-10-3-6-12(7-4-10)13-8-5-11(2)9-14-13;/h2-5,7-10,12,16H,1H3;3-6,8-9H,1-2H3;/q2*-1;/i1D3,2D,3D,7D,10D;1D3,2D3;. The average Bonchev–Trinajstić information content (AvgIpc) is 3.39. The Balaban J connectivity index is 0.000000222. The summed E-state index contributed by atoms with van der Waals surface area (Å²) >= 11 is 0. The fourth-order valence-corrected chi connectivity index (χ4v) is 3.62. The zero-order valence-electron chi connectivity index (χ0n) is 31.0. The molecule has 177 valence electrons. The average molecular weight is 649 g/mol. The molecular formula is C30H25IrN3O-2. The summed E-state index contributed by atoms with van der Waals surface area (Å²) in [5, 5.41) is 0. The molecule has 6 rings (SSSR count). The van der Waals surface area contributed by atoms with E-state index in [2.05, 4.69) is 27.1 Å². The number of rotatable bonds is 2. The molecule has 0 spiro atoms. The third kappa shape index (κ3) is 5.48. The fourth-order valence-electron chi connectivity index (χ4n) is 3.62. The maximum atomic E-state index is 8.11. The van der Waals surface area contributed by atoms with E-state index in [1.165, 1.54) is 30.5 Å². The molecule has 2 atom stereocenters. The minimum absolute atomic E-state index is 0. The van der Waals surface area contributed by atoms with Crippen molar-refractivity contribution < 1.29 is 42.7 Å². The summed E-state index contributed by atoms with van der Waals surface area (Å²) in [6.45, 7) is -6.69. The van der Waals surface area contributed by atoms with Crippen LogP contribution in [0.5, 0.6) is 5.88 Å². The Kier molecular flexibility index (Phi) is 4.07. The smallest absolute Gasteiger partial charge is 0.216 e. The van der Waals surface area contributed by atoms with Crippen LogP contribution < -0.4 is 4.74 Å². The number of ether oxygens (including phenoxy) is 1. The summed E-state index contributed by atoms with van der Waals surface area (Å²) in [6, 6.07) is 12.5. The quantitative estimate of drug-likeness (QED) is 0.241. The summed E-state index contributed by atoms with van der Waals surface area (Å²) in [5.41, 5.74) is 2.63. The molecule has 4 heterocycles. The molecule has 2 unspecified atom stereocenters. The molecule has 1 aliphatic carbocycles. The van der Waals surface area contributed by atoms with Crippen LogP contribution in [-0.4, -0.2) is 21.1 Å². The summed E-state index contributed by atoms with van der Waals surface area (Å²) in [5.74, 6) is -0.0695. The second kappa shape index (κ2) is 10.9. The normalized spacial score (nSPS) is 23.5. The van der Waals surface area contributed by atoms with Crippen molar-refractivity contribution in [3.63, 3.8) is 0 Å². The van der Waals surface area contributed by atoms with Gasteiger partial charge in [0.1, 0.15) is 6.10 Å². The van der Waals surface area contributed by atoms with Crippen LogP contribution in [0.15, 0.2) is 85.1 Å². The first-order valence-electron chi connectivity index (χ1n) is 16.8. The third-order valence-electron chi connectivity index (χ3n) is 5.21. The summed E-state index contributed by atoms with van der Waals surface area (Å²) in [4.78, 5) is 12.2. The molecule has 35 heavy (non-hydrogen) atoms. The largest absolute Gasteiger partial charge is 0.472 e. The van der Waals surface area contributed by atoms with Crippen LogP contribution in [-0.2, 0) is 20.1 Å². The predicted molar refractivity (Wildman–Crippen MR) is 134 cm³/mol. The van der Waals surface area contributed by atoms with Gasteiger partial charge in [0.25, 0.3) is 0 Å². The summed E-state index contributed by atoms with van der Waals surface area (Å²) < 4.78 is 103. The molecule has 1 aromatic carbocycles. The van der Waals surface area contributed by atoms with E-state index < -0.39 is 38.9 Å². The van der Waals surface area contributed by atoms with Crippen molar-refractivity contribution in [2.24, 2.45) is 0 Å². The van der Waals surface area contributed by atoms with Gasteiger partial charge in [0, 0.05) is 62.0 Å². The van der Waals surface area contributed by atoms with Gasteiger partial charge >= 0.3 is 0 Å². The van der Waals surface area contributed by atoms with Crippen molar-refractivity contribution in [2.75, 3.05) is 0 Å². The maximum absolute atomic E-state index is 8.11. The van der Waals surface area contributed by atoms with Gasteiger partial charge in [-0.2, -0.15) is 18.2 Å². The van der Waals surface area contributed by atoms with Gasteiger partial charge in [0.15, 0.2) is 0 Å². The van der Waals surface area contributed by atoms with Crippen LogP contribution in [0.2, 0.25) is 0 Å². The minimum atomic E-state index is -2.35. The van der Waals surface area contributed by atoms with Crippen LogP contribution >= 0.6 is 0 Å². The molecule has 2 aliphatic rings. The van der Waals surface area contributed by atoms with Gasteiger partial charge < -0.3 is 14.7 Å². The first kappa shape index (κ1) is 13.1. The Labute approximate surface area is 238 Å². The van der Waals surface area contributed by atoms with Crippen LogP contribution in [0.3, 0.4) is 0 Å². The molecule has 0 N–H and O–H groups in total. The van der Waals surface area contributed by atoms with Gasteiger partial charge in [-0.15, -0.1) is 35.4 Å². The number of allylic oxidation sites excluding steroid dienone is 2. The Morgan fingerprint density at radius 3 is 2.66 bits per heavy atom. The van der Waals surface area contributed by atoms with Crippen LogP contribution in [0, 0.1) is 32.7 Å². The van der Waals surface area contributed by atoms with Crippen molar-refractivity contribution in [3.05, 3.63) is 125 Å². The molecular weight excluding hydrogens is 611 g/mol. The summed E-state index contributed by atoms with van der Waals surface area (Å²) in [6.07, 6.45) is 6.71. The van der Waals surface area contributed by atoms with Gasteiger partial charge in [0.2, 0.25) is 5.88 Å². The van der Waals surface area contributed by atoms with E-state index in [0.29, 0.717) is 22.4 Å². The zero-order valence-corrected chi connectivity index (χ0v) is 20.4. The van der Waals surface area contributed by atoms with E-state index in [1.54, 1.807) is 24.3 Å². The fraction of sp³-hybridized carbons (Fsp3) is 0.167. The molecule has 0 saturated heterocycles. The van der Waals surface area contributed by atoms with E-state index in [0.717, 1.165) is 0 Å². The number of aryl methyl sites for hydroxylation is 3. The molecule has 3 aromatic heterocycles. The van der Waals surface area contributed by atoms with Gasteiger partial charge in [-0.25, -0.2) is 4.98 Å². The Morgan fingerprint density at radius 2 is 1.89 bits per heavy atom. The minimum Gasteiger partial charge on any atom is -0.472 e. The molecule has 0 fully saturated rings. The number of nitrogens with zero attached hydrogens (tertiary/aromatic N) is 3. The molecule has 0 bridgehead atoms. The van der Waals surface area contributed by atoms with Crippen molar-refractivity contribution in [1.82, 2.24) is 15.0 Å². The summed E-state index contributed by atoms with van der Waals surface area (Å²) in [7, 11) is 0. The van der Waals surface area contributed by atoms with Gasteiger partial charge in [-0.1, -0.05) is 42.7 Å². The van der Waals surface area contributed by atoms with E-state index in [9.17, 15) is 0 Å². The van der Waals surface area contributed by atoms with Gasteiger partial charge in [0.05, 0.1) is 5.48 Å². The van der Waals surface area contributed by atoms with Crippen molar-refractivity contribution in [1.29, 1.82) is 0 Å². The maximum Gasteiger partial charge on any atom is 0.216 e. The van der Waals surface area contributed by atoms with Crippen LogP contribution in [0.4, 0.5) is 0 Å². The first-order valence-corrected chi connectivity index (χ1v) is 10.3. The van der Waals surface area contributed by atoms with Gasteiger partial charge in [-0.3, -0.25) is 0 Å². The van der Waals surface area contributed by atoms with E-state index in [-0.39, 0.29) is 66.5 Å². The van der Waals surface area contributed by atoms with Crippen molar-refractivity contribution in [3.8, 4) is 17.1 Å². The predicted octanol–water partition coefficient (Wildman–Crippen LogP) is 6.25. The number of pyridine rings is 3.